The Morgan fingerprint density at radius 3 is 2.79 bits per heavy atom. The first-order valence-electron chi connectivity index (χ1n) is 7.47. The van der Waals surface area contributed by atoms with E-state index in [9.17, 15) is 14.9 Å². The molecule has 1 aliphatic heterocycles. The molecule has 1 heterocycles. The number of fused-ring (bicyclic) bond motifs is 1. The smallest absolute Gasteiger partial charge is 0.271 e. The molecule has 1 amide bonds. The number of ether oxygens (including phenoxy) is 1. The maximum Gasteiger partial charge on any atom is 0.271 e. The molecule has 0 saturated carbocycles. The predicted molar refractivity (Wildman–Crippen MR) is 90.3 cm³/mol. The van der Waals surface area contributed by atoms with E-state index in [1.807, 2.05) is 24.0 Å². The summed E-state index contributed by atoms with van der Waals surface area (Å²) in [5.41, 5.74) is 3.36. The first-order valence-corrected chi connectivity index (χ1v) is 7.47. The van der Waals surface area contributed by atoms with Gasteiger partial charge in [0.05, 0.1) is 4.92 Å². The Labute approximate surface area is 139 Å². The van der Waals surface area contributed by atoms with Crippen LogP contribution in [0.25, 0.3) is 0 Å². The maximum absolute atomic E-state index is 11.2. The number of nitro groups is 1. The van der Waals surface area contributed by atoms with Crippen LogP contribution >= 0.6 is 0 Å². The van der Waals surface area contributed by atoms with Gasteiger partial charge in [-0.1, -0.05) is 6.07 Å². The third-order valence-corrected chi connectivity index (χ3v) is 3.86. The average Bonchev–Trinajstić information content (AvgIpc) is 2.53. The Hall–Kier alpha value is -3.09. The molecule has 0 spiro atoms. The van der Waals surface area contributed by atoms with E-state index in [0.29, 0.717) is 19.0 Å². The van der Waals surface area contributed by atoms with E-state index in [4.69, 9.17) is 4.74 Å². The summed E-state index contributed by atoms with van der Waals surface area (Å²) in [6.45, 7) is 4.22. The van der Waals surface area contributed by atoms with Crippen molar-refractivity contribution in [3.63, 3.8) is 0 Å². The van der Waals surface area contributed by atoms with Gasteiger partial charge in [0, 0.05) is 42.5 Å². The zero-order chi connectivity index (χ0) is 17.3. The van der Waals surface area contributed by atoms with Crippen molar-refractivity contribution in [2.45, 2.75) is 20.4 Å². The van der Waals surface area contributed by atoms with Gasteiger partial charge in [-0.3, -0.25) is 14.9 Å². The monoisotopic (exact) mass is 327 g/mol. The van der Waals surface area contributed by atoms with Crippen LogP contribution in [0.5, 0.6) is 5.75 Å². The largest absolute Gasteiger partial charge is 0.473 e. The SMILES string of the molecule is CC(=O)Nc1ccc2c(c1)CN(c1cc([N+](=O)[O-])ccc1C)CO2. The summed E-state index contributed by atoms with van der Waals surface area (Å²) >= 11 is 0. The first-order chi connectivity index (χ1) is 11.4. The molecular formula is C17H17N3O4. The van der Waals surface area contributed by atoms with Gasteiger partial charge in [-0.15, -0.1) is 0 Å². The lowest BCUT2D eigenvalue weighted by Crippen LogP contribution is -2.32. The minimum Gasteiger partial charge on any atom is -0.473 e. The second-order valence-corrected chi connectivity index (χ2v) is 5.70. The number of non-ortho nitro benzene ring substituents is 1. The second kappa shape index (κ2) is 6.19. The lowest BCUT2D eigenvalue weighted by molar-refractivity contribution is -0.384. The number of benzene rings is 2. The highest BCUT2D eigenvalue weighted by Gasteiger charge is 2.21. The van der Waals surface area contributed by atoms with Gasteiger partial charge in [-0.2, -0.15) is 0 Å². The summed E-state index contributed by atoms with van der Waals surface area (Å²) < 4.78 is 5.75. The fourth-order valence-electron chi connectivity index (χ4n) is 2.73. The van der Waals surface area contributed by atoms with Crippen LogP contribution in [0.4, 0.5) is 17.1 Å². The van der Waals surface area contributed by atoms with Gasteiger partial charge in [0.15, 0.2) is 6.73 Å². The van der Waals surface area contributed by atoms with Crippen LogP contribution in [0.2, 0.25) is 0 Å². The van der Waals surface area contributed by atoms with Crippen molar-refractivity contribution in [3.05, 3.63) is 57.6 Å². The van der Waals surface area contributed by atoms with E-state index < -0.39 is 4.92 Å². The van der Waals surface area contributed by atoms with Crippen LogP contribution in [-0.2, 0) is 11.3 Å². The van der Waals surface area contributed by atoms with Crippen LogP contribution in [0.1, 0.15) is 18.1 Å². The molecule has 0 radical (unpaired) electrons. The molecule has 1 aliphatic rings. The Kier molecular flexibility index (Phi) is 4.07. The van der Waals surface area contributed by atoms with Crippen LogP contribution in [-0.4, -0.2) is 17.6 Å². The number of amides is 1. The number of aryl methyl sites for hydroxylation is 1. The lowest BCUT2D eigenvalue weighted by atomic mass is 10.1. The van der Waals surface area contributed by atoms with Gasteiger partial charge < -0.3 is 15.0 Å². The number of carbonyl (C=O) groups excluding carboxylic acids is 1. The molecule has 124 valence electrons. The molecule has 1 N–H and O–H groups in total. The summed E-state index contributed by atoms with van der Waals surface area (Å²) in [6.07, 6.45) is 0. The summed E-state index contributed by atoms with van der Waals surface area (Å²) in [7, 11) is 0. The zero-order valence-corrected chi connectivity index (χ0v) is 13.4. The first kappa shape index (κ1) is 15.8. The molecule has 2 aromatic carbocycles. The minimum absolute atomic E-state index is 0.0494. The number of nitrogens with one attached hydrogen (secondary N) is 1. The predicted octanol–water partition coefficient (Wildman–Crippen LogP) is 3.22. The minimum atomic E-state index is -0.406. The number of hydrogen-bond donors (Lipinski definition) is 1. The third kappa shape index (κ3) is 3.15. The molecule has 0 fully saturated rings. The van der Waals surface area contributed by atoms with E-state index in [2.05, 4.69) is 5.32 Å². The highest BCUT2D eigenvalue weighted by atomic mass is 16.6. The zero-order valence-electron chi connectivity index (χ0n) is 13.4. The Morgan fingerprint density at radius 2 is 2.08 bits per heavy atom. The summed E-state index contributed by atoms with van der Waals surface area (Å²) in [4.78, 5) is 23.7. The van der Waals surface area contributed by atoms with Crippen LogP contribution in [0.3, 0.4) is 0 Å². The van der Waals surface area contributed by atoms with Crippen molar-refractivity contribution in [2.75, 3.05) is 16.9 Å². The van der Waals surface area contributed by atoms with E-state index in [0.717, 1.165) is 22.6 Å². The fourth-order valence-corrected chi connectivity index (χ4v) is 2.73. The van der Waals surface area contributed by atoms with Gasteiger partial charge in [-0.25, -0.2) is 0 Å². The van der Waals surface area contributed by atoms with Crippen LogP contribution in [0, 0.1) is 17.0 Å². The average molecular weight is 327 g/mol. The Bertz CT molecular complexity index is 819. The highest BCUT2D eigenvalue weighted by molar-refractivity contribution is 5.88. The number of carbonyl (C=O) groups is 1. The van der Waals surface area contributed by atoms with Crippen molar-refractivity contribution < 1.29 is 14.5 Å². The van der Waals surface area contributed by atoms with Gasteiger partial charge in [0.2, 0.25) is 5.91 Å². The van der Waals surface area contributed by atoms with Gasteiger partial charge in [-0.05, 0) is 30.7 Å². The van der Waals surface area contributed by atoms with Gasteiger partial charge in [0.25, 0.3) is 5.69 Å². The summed E-state index contributed by atoms with van der Waals surface area (Å²) in [6, 6.07) is 10.2. The third-order valence-electron chi connectivity index (χ3n) is 3.86. The number of nitro benzene ring substituents is 1. The number of anilines is 2. The topological polar surface area (TPSA) is 84.7 Å². The molecule has 7 nitrogen and oxygen atoms in total. The van der Waals surface area contributed by atoms with Crippen molar-refractivity contribution in [1.29, 1.82) is 0 Å². The number of hydrogen-bond acceptors (Lipinski definition) is 5. The van der Waals surface area contributed by atoms with Crippen molar-refractivity contribution in [3.8, 4) is 5.75 Å². The van der Waals surface area contributed by atoms with Crippen molar-refractivity contribution in [1.82, 2.24) is 0 Å². The molecule has 0 bridgehead atoms. The van der Waals surface area contributed by atoms with Crippen LogP contribution in [0.15, 0.2) is 36.4 Å². The van der Waals surface area contributed by atoms with E-state index in [1.54, 1.807) is 18.2 Å². The molecule has 3 rings (SSSR count). The van der Waals surface area contributed by atoms with E-state index in [1.165, 1.54) is 13.0 Å². The molecule has 0 unspecified atom stereocenters. The number of nitrogens with zero attached hydrogens (tertiary/aromatic N) is 2. The Morgan fingerprint density at radius 1 is 1.29 bits per heavy atom. The summed E-state index contributed by atoms with van der Waals surface area (Å²) in [5.74, 6) is 0.612. The quantitative estimate of drug-likeness (QED) is 0.691. The molecule has 7 heteroatoms. The molecule has 0 saturated heterocycles. The lowest BCUT2D eigenvalue weighted by Gasteiger charge is -2.31. The molecule has 0 aromatic heterocycles. The van der Waals surface area contributed by atoms with E-state index >= 15 is 0 Å². The maximum atomic E-state index is 11.2. The van der Waals surface area contributed by atoms with Gasteiger partial charge >= 0.3 is 0 Å². The summed E-state index contributed by atoms with van der Waals surface area (Å²) in [5, 5.41) is 13.8. The molecule has 2 aromatic rings. The standard InChI is InChI=1S/C17H17N3O4/c1-11-3-5-15(20(22)23)8-16(11)19-9-13-7-14(18-12(2)21)4-6-17(13)24-10-19/h3-8H,9-10H2,1-2H3,(H,18,21). The molecule has 0 aliphatic carbocycles. The molecule has 24 heavy (non-hydrogen) atoms. The van der Waals surface area contributed by atoms with Gasteiger partial charge in [0.1, 0.15) is 5.75 Å². The fraction of sp³-hybridized carbons (Fsp3) is 0.235. The number of rotatable bonds is 3. The van der Waals surface area contributed by atoms with Crippen LogP contribution < -0.4 is 15.0 Å². The van der Waals surface area contributed by atoms with Crippen molar-refractivity contribution >= 4 is 23.0 Å². The Balaban J connectivity index is 1.90. The molecule has 0 atom stereocenters. The van der Waals surface area contributed by atoms with Crippen molar-refractivity contribution in [2.24, 2.45) is 0 Å². The highest BCUT2D eigenvalue weighted by Crippen LogP contribution is 2.33. The molecular weight excluding hydrogens is 310 g/mol. The van der Waals surface area contributed by atoms with E-state index in [-0.39, 0.29) is 11.6 Å². The normalized spacial score (nSPS) is 13.0. The second-order valence-electron chi connectivity index (χ2n) is 5.70.